The molecule has 1 rings (SSSR count). The Hall–Kier alpha value is -1.31. The van der Waals surface area contributed by atoms with Crippen LogP contribution in [-0.2, 0) is 7.05 Å². The number of hydrogen-bond donors (Lipinski definition) is 0. The second kappa shape index (κ2) is 5.36. The van der Waals surface area contributed by atoms with Crippen LogP contribution in [0.4, 0.5) is 4.39 Å². The monoisotopic (exact) mass is 181 g/mol. The molecule has 0 bridgehead atoms. The van der Waals surface area contributed by atoms with Gasteiger partial charge in [-0.3, -0.25) is 0 Å². The second-order valence-electron chi connectivity index (χ2n) is 2.30. The van der Waals surface area contributed by atoms with Gasteiger partial charge in [-0.2, -0.15) is 0 Å². The third kappa shape index (κ3) is 2.31. The van der Waals surface area contributed by atoms with Crippen molar-refractivity contribution in [2.24, 2.45) is 7.05 Å². The largest absolute Gasteiger partial charge is 0.348 e. The van der Waals surface area contributed by atoms with Crippen molar-refractivity contribution in [2.75, 3.05) is 0 Å². The van der Waals surface area contributed by atoms with E-state index in [4.69, 9.17) is 0 Å². The van der Waals surface area contributed by atoms with Crippen LogP contribution in [0.2, 0.25) is 0 Å². The van der Waals surface area contributed by atoms with E-state index >= 15 is 0 Å². The molecule has 0 spiro atoms. The highest BCUT2D eigenvalue weighted by Crippen LogP contribution is 2.16. The minimum Gasteiger partial charge on any atom is -0.348 e. The summed E-state index contributed by atoms with van der Waals surface area (Å²) in [5.74, 6) is -0.252. The molecule has 13 heavy (non-hydrogen) atoms. The Morgan fingerprint density at radius 3 is 2.15 bits per heavy atom. The van der Waals surface area contributed by atoms with E-state index in [0.29, 0.717) is 5.56 Å². The number of aryl methyl sites for hydroxylation is 1. The molecule has 0 aliphatic carbocycles. The molecule has 1 aromatic heterocycles. The summed E-state index contributed by atoms with van der Waals surface area (Å²) in [5.41, 5.74) is 1.28. The summed E-state index contributed by atoms with van der Waals surface area (Å²) in [6, 6.07) is 0. The van der Waals surface area contributed by atoms with E-state index in [-0.39, 0.29) is 5.82 Å². The summed E-state index contributed by atoms with van der Waals surface area (Å²) in [6.45, 7) is 11.1. The first-order valence-electron chi connectivity index (χ1n) is 4.30. The van der Waals surface area contributed by atoms with Crippen LogP contribution in [0.1, 0.15) is 25.1 Å². The molecule has 0 atom stereocenters. The van der Waals surface area contributed by atoms with Crippen molar-refractivity contribution in [1.29, 1.82) is 0 Å². The summed E-state index contributed by atoms with van der Waals surface area (Å²) in [4.78, 5) is 0. The van der Waals surface area contributed by atoms with Crippen LogP contribution in [-0.4, -0.2) is 4.57 Å². The van der Waals surface area contributed by atoms with Crippen molar-refractivity contribution in [3.63, 3.8) is 0 Å². The van der Waals surface area contributed by atoms with Gasteiger partial charge in [0.15, 0.2) is 0 Å². The van der Waals surface area contributed by atoms with E-state index in [1.165, 1.54) is 12.3 Å². The van der Waals surface area contributed by atoms with Gasteiger partial charge in [0, 0.05) is 18.8 Å². The van der Waals surface area contributed by atoms with Gasteiger partial charge in [0.25, 0.3) is 0 Å². The van der Waals surface area contributed by atoms with E-state index in [1.54, 1.807) is 17.7 Å². The molecule has 0 aliphatic rings. The summed E-state index contributed by atoms with van der Waals surface area (Å²) < 4.78 is 14.6. The summed E-state index contributed by atoms with van der Waals surface area (Å²) in [5, 5.41) is 0. The fourth-order valence-electron chi connectivity index (χ4n) is 1.08. The van der Waals surface area contributed by atoms with Crippen LogP contribution in [0.5, 0.6) is 0 Å². The Balaban J connectivity index is 0.000000671. The molecule has 0 aliphatic heterocycles. The van der Waals surface area contributed by atoms with Crippen molar-refractivity contribution < 1.29 is 4.39 Å². The van der Waals surface area contributed by atoms with Crippen LogP contribution in [0.3, 0.4) is 0 Å². The maximum absolute atomic E-state index is 12.9. The number of halogens is 1. The fraction of sp³-hybridized carbons (Fsp3) is 0.273. The molecule has 0 N–H and O–H groups in total. The van der Waals surface area contributed by atoms with Gasteiger partial charge in [0.05, 0.1) is 5.69 Å². The smallest absolute Gasteiger partial charge is 0.148 e. The first-order valence-corrected chi connectivity index (χ1v) is 4.30. The molecule has 2 heteroatoms. The Morgan fingerprint density at radius 1 is 1.31 bits per heavy atom. The van der Waals surface area contributed by atoms with Gasteiger partial charge < -0.3 is 4.57 Å². The molecule has 0 amide bonds. The molecule has 1 nitrogen and oxygen atoms in total. The average Bonchev–Trinajstić information content (AvgIpc) is 2.43. The molecule has 0 aromatic carbocycles. The first kappa shape index (κ1) is 11.7. The van der Waals surface area contributed by atoms with Gasteiger partial charge in [0.2, 0.25) is 0 Å². The van der Waals surface area contributed by atoms with Gasteiger partial charge >= 0.3 is 0 Å². The molecule has 1 aromatic rings. The standard InChI is InChI=1S/C9H10FN.C2H6/c1-4-7-8(10)6-11(3)9(7)5-2;1-2/h4-6H,1-2H2,3H3;1-2H3. The highest BCUT2D eigenvalue weighted by Gasteiger charge is 2.06. The van der Waals surface area contributed by atoms with Crippen LogP contribution in [0.25, 0.3) is 12.2 Å². The molecule has 72 valence electrons. The zero-order chi connectivity index (χ0) is 10.4. The Morgan fingerprint density at radius 2 is 1.85 bits per heavy atom. The van der Waals surface area contributed by atoms with Crippen molar-refractivity contribution >= 4 is 12.2 Å². The fourth-order valence-corrected chi connectivity index (χ4v) is 1.08. The predicted octanol–water partition coefficient (Wildman–Crippen LogP) is 3.48. The predicted molar refractivity (Wildman–Crippen MR) is 56.9 cm³/mol. The van der Waals surface area contributed by atoms with Gasteiger partial charge in [-0.05, 0) is 6.08 Å². The van der Waals surface area contributed by atoms with E-state index in [2.05, 4.69) is 13.2 Å². The van der Waals surface area contributed by atoms with E-state index < -0.39 is 0 Å². The van der Waals surface area contributed by atoms with Crippen molar-refractivity contribution in [1.82, 2.24) is 4.57 Å². The maximum Gasteiger partial charge on any atom is 0.148 e. The Bertz CT molecular complexity index is 269. The third-order valence-corrected chi connectivity index (χ3v) is 1.62. The summed E-state index contributed by atoms with van der Waals surface area (Å²) in [7, 11) is 1.77. The lowest BCUT2D eigenvalue weighted by Crippen LogP contribution is -1.87. The number of rotatable bonds is 2. The normalized spacial score (nSPS) is 8.62. The molecule has 0 saturated heterocycles. The van der Waals surface area contributed by atoms with Gasteiger partial charge in [-0.15, -0.1) is 0 Å². The van der Waals surface area contributed by atoms with Gasteiger partial charge in [0.1, 0.15) is 5.82 Å². The summed E-state index contributed by atoms with van der Waals surface area (Å²) >= 11 is 0. The quantitative estimate of drug-likeness (QED) is 0.658. The zero-order valence-corrected chi connectivity index (χ0v) is 8.47. The van der Waals surface area contributed by atoms with Crippen LogP contribution in [0, 0.1) is 5.82 Å². The molecule has 0 unspecified atom stereocenters. The SMILES string of the molecule is C=Cc1c(F)cn(C)c1C=C.CC. The molecule has 0 fully saturated rings. The first-order chi connectivity index (χ1) is 6.20. The lowest BCUT2D eigenvalue weighted by atomic mass is 10.2. The van der Waals surface area contributed by atoms with Crippen LogP contribution < -0.4 is 0 Å². The minimum atomic E-state index is -0.252. The van der Waals surface area contributed by atoms with E-state index in [1.807, 2.05) is 13.8 Å². The highest BCUT2D eigenvalue weighted by molar-refractivity contribution is 5.61. The molecular formula is C11H16FN. The molecule has 0 saturated carbocycles. The van der Waals surface area contributed by atoms with Crippen LogP contribution >= 0.6 is 0 Å². The van der Waals surface area contributed by atoms with Gasteiger partial charge in [-0.1, -0.05) is 33.1 Å². The van der Waals surface area contributed by atoms with Crippen molar-refractivity contribution in [2.45, 2.75) is 13.8 Å². The van der Waals surface area contributed by atoms with Crippen LogP contribution in [0.15, 0.2) is 19.4 Å². The third-order valence-electron chi connectivity index (χ3n) is 1.62. The second-order valence-corrected chi connectivity index (χ2v) is 2.30. The molecule has 1 heterocycles. The molecule has 0 radical (unpaired) electrons. The topological polar surface area (TPSA) is 4.93 Å². The zero-order valence-electron chi connectivity index (χ0n) is 8.47. The highest BCUT2D eigenvalue weighted by atomic mass is 19.1. The average molecular weight is 181 g/mol. The van der Waals surface area contributed by atoms with E-state index in [9.17, 15) is 4.39 Å². The van der Waals surface area contributed by atoms with Crippen molar-refractivity contribution in [3.05, 3.63) is 36.4 Å². The maximum atomic E-state index is 12.9. The summed E-state index contributed by atoms with van der Waals surface area (Å²) in [6.07, 6.45) is 4.51. The number of aromatic nitrogens is 1. The van der Waals surface area contributed by atoms with Crippen molar-refractivity contribution in [3.8, 4) is 0 Å². The number of hydrogen-bond acceptors (Lipinski definition) is 0. The number of nitrogens with zero attached hydrogens (tertiary/aromatic N) is 1. The lowest BCUT2D eigenvalue weighted by Gasteiger charge is -1.95. The van der Waals surface area contributed by atoms with E-state index in [0.717, 1.165) is 5.69 Å². The van der Waals surface area contributed by atoms with Gasteiger partial charge in [-0.25, -0.2) is 4.39 Å². The lowest BCUT2D eigenvalue weighted by molar-refractivity contribution is 0.622. The minimum absolute atomic E-state index is 0.252. The Labute approximate surface area is 79.2 Å². The Kier molecular flexibility index (Phi) is 4.82. The molecular weight excluding hydrogens is 165 g/mol.